The maximum absolute atomic E-state index is 12.6. The molecule has 5 heteroatoms. The topological polar surface area (TPSA) is 43.4 Å². The molecule has 1 heterocycles. The third-order valence-corrected chi connectivity index (χ3v) is 4.27. The van der Waals surface area contributed by atoms with Crippen LogP contribution >= 0.6 is 0 Å². The first-order chi connectivity index (χ1) is 6.60. The molecule has 1 aromatic carbocycles. The van der Waals surface area contributed by atoms with Gasteiger partial charge in [0.15, 0.2) is 9.84 Å². The van der Waals surface area contributed by atoms with E-state index in [4.69, 9.17) is 4.74 Å². The van der Waals surface area contributed by atoms with Gasteiger partial charge in [-0.05, 0) is 24.3 Å². The Labute approximate surface area is 81.4 Å². The SMILES string of the molecule is O=S(=O)(c1ccc(F)cc1)C1COC1. The monoisotopic (exact) mass is 216 g/mol. The summed E-state index contributed by atoms with van der Waals surface area (Å²) in [5, 5.41) is -0.465. The van der Waals surface area contributed by atoms with Crippen molar-refractivity contribution in [2.24, 2.45) is 0 Å². The summed E-state index contributed by atoms with van der Waals surface area (Å²) in [5.41, 5.74) is 0. The molecule has 3 nitrogen and oxygen atoms in total. The summed E-state index contributed by atoms with van der Waals surface area (Å²) in [6, 6.07) is 4.85. The summed E-state index contributed by atoms with van der Waals surface area (Å²) in [5.74, 6) is -0.436. The van der Waals surface area contributed by atoms with E-state index in [2.05, 4.69) is 0 Å². The van der Waals surface area contributed by atoms with E-state index in [1.165, 1.54) is 12.1 Å². The second kappa shape index (κ2) is 3.33. The molecule has 1 fully saturated rings. The third-order valence-electron chi connectivity index (χ3n) is 2.19. The molecule has 2 rings (SSSR count). The minimum Gasteiger partial charge on any atom is -0.379 e. The lowest BCUT2D eigenvalue weighted by Gasteiger charge is -2.25. The van der Waals surface area contributed by atoms with Crippen LogP contribution in [0.5, 0.6) is 0 Å². The molecule has 0 bridgehead atoms. The van der Waals surface area contributed by atoms with Crippen molar-refractivity contribution in [3.63, 3.8) is 0 Å². The highest BCUT2D eigenvalue weighted by molar-refractivity contribution is 7.92. The van der Waals surface area contributed by atoms with Gasteiger partial charge < -0.3 is 4.74 Å². The number of hydrogen-bond donors (Lipinski definition) is 0. The molecule has 76 valence electrons. The standard InChI is InChI=1S/C9H9FO3S/c10-7-1-3-8(4-2-7)14(11,12)9-5-13-6-9/h1-4,9H,5-6H2. The van der Waals surface area contributed by atoms with Crippen LogP contribution in [0.1, 0.15) is 0 Å². The summed E-state index contributed by atoms with van der Waals surface area (Å²) in [4.78, 5) is 0.159. The quantitative estimate of drug-likeness (QED) is 0.693. The van der Waals surface area contributed by atoms with Crippen LogP contribution in [0, 0.1) is 5.82 Å². The molecule has 1 aliphatic heterocycles. The van der Waals surface area contributed by atoms with Crippen molar-refractivity contribution in [3.05, 3.63) is 30.1 Å². The van der Waals surface area contributed by atoms with Gasteiger partial charge in [0.05, 0.1) is 18.1 Å². The maximum Gasteiger partial charge on any atom is 0.185 e. The van der Waals surface area contributed by atoms with E-state index >= 15 is 0 Å². The molecule has 0 radical (unpaired) electrons. The molecule has 1 aliphatic rings. The van der Waals surface area contributed by atoms with Gasteiger partial charge in [-0.1, -0.05) is 0 Å². The molecule has 14 heavy (non-hydrogen) atoms. The fraction of sp³-hybridized carbons (Fsp3) is 0.333. The number of sulfone groups is 1. The molecule has 0 aromatic heterocycles. The lowest BCUT2D eigenvalue weighted by atomic mass is 10.3. The van der Waals surface area contributed by atoms with E-state index in [0.717, 1.165) is 12.1 Å². The van der Waals surface area contributed by atoms with Crippen molar-refractivity contribution in [1.29, 1.82) is 0 Å². The Morgan fingerprint density at radius 1 is 1.21 bits per heavy atom. The van der Waals surface area contributed by atoms with Crippen molar-refractivity contribution in [2.75, 3.05) is 13.2 Å². The highest BCUT2D eigenvalue weighted by atomic mass is 32.2. The molecule has 0 N–H and O–H groups in total. The zero-order valence-electron chi connectivity index (χ0n) is 7.31. The zero-order valence-corrected chi connectivity index (χ0v) is 8.13. The summed E-state index contributed by atoms with van der Waals surface area (Å²) >= 11 is 0. The summed E-state index contributed by atoms with van der Waals surface area (Å²) in [6.45, 7) is 0.472. The van der Waals surface area contributed by atoms with Crippen LogP contribution in [0.25, 0.3) is 0 Å². The fourth-order valence-corrected chi connectivity index (χ4v) is 2.66. The Bertz CT molecular complexity index is 420. The first kappa shape index (κ1) is 9.61. The fourth-order valence-electron chi connectivity index (χ4n) is 1.21. The normalized spacial score (nSPS) is 17.8. The lowest BCUT2D eigenvalue weighted by molar-refractivity contribution is 0.0416. The predicted octanol–water partition coefficient (Wildman–Crippen LogP) is 0.998. The van der Waals surface area contributed by atoms with E-state index in [1.54, 1.807) is 0 Å². The van der Waals surface area contributed by atoms with E-state index in [1.807, 2.05) is 0 Å². The van der Waals surface area contributed by atoms with Gasteiger partial charge >= 0.3 is 0 Å². The second-order valence-electron chi connectivity index (χ2n) is 3.16. The minimum absolute atomic E-state index is 0.159. The smallest absolute Gasteiger partial charge is 0.185 e. The number of benzene rings is 1. The Morgan fingerprint density at radius 3 is 2.21 bits per heavy atom. The zero-order chi connectivity index (χ0) is 10.2. The van der Waals surface area contributed by atoms with E-state index in [-0.39, 0.29) is 18.1 Å². The number of hydrogen-bond acceptors (Lipinski definition) is 3. The van der Waals surface area contributed by atoms with Gasteiger partial charge in [-0.15, -0.1) is 0 Å². The van der Waals surface area contributed by atoms with E-state index in [9.17, 15) is 12.8 Å². The van der Waals surface area contributed by atoms with Gasteiger partial charge in [0, 0.05) is 0 Å². The first-order valence-corrected chi connectivity index (χ1v) is 5.72. The minimum atomic E-state index is -3.31. The summed E-state index contributed by atoms with van der Waals surface area (Å²) in [6.07, 6.45) is 0. The van der Waals surface area contributed by atoms with E-state index < -0.39 is 20.9 Å². The van der Waals surface area contributed by atoms with Crippen molar-refractivity contribution >= 4 is 9.84 Å². The van der Waals surface area contributed by atoms with Crippen LogP contribution in [0.15, 0.2) is 29.2 Å². The Morgan fingerprint density at radius 2 is 1.79 bits per heavy atom. The number of ether oxygens (including phenoxy) is 1. The van der Waals surface area contributed by atoms with Crippen LogP contribution in [0.4, 0.5) is 4.39 Å². The van der Waals surface area contributed by atoms with Crippen molar-refractivity contribution < 1.29 is 17.5 Å². The first-order valence-electron chi connectivity index (χ1n) is 4.18. The molecule has 0 amide bonds. The van der Waals surface area contributed by atoms with Crippen LogP contribution in [0.3, 0.4) is 0 Å². The highest BCUT2D eigenvalue weighted by Gasteiger charge is 2.33. The van der Waals surface area contributed by atoms with Crippen LogP contribution < -0.4 is 0 Å². The van der Waals surface area contributed by atoms with Gasteiger partial charge in [-0.3, -0.25) is 0 Å². The third kappa shape index (κ3) is 1.53. The molecule has 0 saturated carbocycles. The van der Waals surface area contributed by atoms with Gasteiger partial charge in [-0.25, -0.2) is 12.8 Å². The molecule has 1 saturated heterocycles. The summed E-state index contributed by atoms with van der Waals surface area (Å²) < 4.78 is 40.8. The van der Waals surface area contributed by atoms with Gasteiger partial charge in [0.1, 0.15) is 11.1 Å². The van der Waals surface area contributed by atoms with Crippen LogP contribution in [0.2, 0.25) is 0 Å². The Hall–Kier alpha value is -0.940. The van der Waals surface area contributed by atoms with Crippen molar-refractivity contribution in [3.8, 4) is 0 Å². The average molecular weight is 216 g/mol. The largest absolute Gasteiger partial charge is 0.379 e. The molecule has 0 atom stereocenters. The Kier molecular flexibility index (Phi) is 2.28. The van der Waals surface area contributed by atoms with E-state index in [0.29, 0.717) is 0 Å². The average Bonchev–Trinajstić information content (AvgIpc) is 2.00. The van der Waals surface area contributed by atoms with Gasteiger partial charge in [-0.2, -0.15) is 0 Å². The molecular weight excluding hydrogens is 207 g/mol. The molecular formula is C9H9FO3S. The molecule has 0 unspecified atom stereocenters. The summed E-state index contributed by atoms with van der Waals surface area (Å²) in [7, 11) is -3.31. The number of rotatable bonds is 2. The lowest BCUT2D eigenvalue weighted by Crippen LogP contribution is -2.40. The number of halogens is 1. The Balaban J connectivity index is 2.34. The predicted molar refractivity (Wildman–Crippen MR) is 48.2 cm³/mol. The van der Waals surface area contributed by atoms with Crippen molar-refractivity contribution in [2.45, 2.75) is 10.1 Å². The van der Waals surface area contributed by atoms with Crippen molar-refractivity contribution in [1.82, 2.24) is 0 Å². The van der Waals surface area contributed by atoms with Crippen LogP contribution in [-0.2, 0) is 14.6 Å². The van der Waals surface area contributed by atoms with Gasteiger partial charge in [0.2, 0.25) is 0 Å². The molecule has 0 spiro atoms. The molecule has 1 aromatic rings. The van der Waals surface area contributed by atoms with Crippen LogP contribution in [-0.4, -0.2) is 26.9 Å². The van der Waals surface area contributed by atoms with Gasteiger partial charge in [0.25, 0.3) is 0 Å². The second-order valence-corrected chi connectivity index (χ2v) is 5.39. The molecule has 0 aliphatic carbocycles. The maximum atomic E-state index is 12.6. The highest BCUT2D eigenvalue weighted by Crippen LogP contribution is 2.21.